The summed E-state index contributed by atoms with van der Waals surface area (Å²) in [6, 6.07) is 0. The zero-order valence-corrected chi connectivity index (χ0v) is 10.6. The molecular formula is C14H19N3. The number of fused-ring (bicyclic) bond motifs is 1. The standard InChI is InChI=1S/C14H19N3/c1-4-14(2,3)17-13-11-8-6-5-7-9-12(11)15-10-16-13/h1,10H,5-9H2,2-3H3,(H,15,16,17). The lowest BCUT2D eigenvalue weighted by molar-refractivity contribution is 0.707. The Morgan fingerprint density at radius 3 is 2.76 bits per heavy atom. The summed E-state index contributed by atoms with van der Waals surface area (Å²) in [5, 5.41) is 3.34. The van der Waals surface area contributed by atoms with E-state index in [-0.39, 0.29) is 5.54 Å². The maximum Gasteiger partial charge on any atom is 0.133 e. The van der Waals surface area contributed by atoms with Crippen LogP contribution in [0.1, 0.15) is 44.4 Å². The fourth-order valence-corrected chi connectivity index (χ4v) is 2.14. The third-order valence-corrected chi connectivity index (χ3v) is 3.17. The monoisotopic (exact) mass is 229 g/mol. The predicted molar refractivity (Wildman–Crippen MR) is 69.8 cm³/mol. The molecule has 2 rings (SSSR count). The molecule has 1 heterocycles. The van der Waals surface area contributed by atoms with Gasteiger partial charge in [-0.15, -0.1) is 6.42 Å². The van der Waals surface area contributed by atoms with Gasteiger partial charge in [0, 0.05) is 11.3 Å². The summed E-state index contributed by atoms with van der Waals surface area (Å²) in [6.45, 7) is 3.97. The molecule has 90 valence electrons. The van der Waals surface area contributed by atoms with E-state index in [4.69, 9.17) is 6.42 Å². The minimum absolute atomic E-state index is 0.367. The third-order valence-electron chi connectivity index (χ3n) is 3.17. The van der Waals surface area contributed by atoms with Crippen LogP contribution in [0.25, 0.3) is 0 Å². The van der Waals surface area contributed by atoms with Crippen LogP contribution in [0.2, 0.25) is 0 Å². The van der Waals surface area contributed by atoms with Gasteiger partial charge in [-0.2, -0.15) is 0 Å². The first-order valence-corrected chi connectivity index (χ1v) is 6.21. The fourth-order valence-electron chi connectivity index (χ4n) is 2.14. The van der Waals surface area contributed by atoms with Crippen LogP contribution in [0.15, 0.2) is 6.33 Å². The molecule has 0 aromatic carbocycles. The van der Waals surface area contributed by atoms with E-state index in [1.807, 2.05) is 13.8 Å². The molecule has 1 aromatic rings. The molecule has 0 saturated heterocycles. The smallest absolute Gasteiger partial charge is 0.133 e. The van der Waals surface area contributed by atoms with Crippen LogP contribution in [0.3, 0.4) is 0 Å². The van der Waals surface area contributed by atoms with Crippen molar-refractivity contribution in [1.29, 1.82) is 0 Å². The van der Waals surface area contributed by atoms with Crippen molar-refractivity contribution in [2.75, 3.05) is 5.32 Å². The highest BCUT2D eigenvalue weighted by molar-refractivity contribution is 5.50. The minimum atomic E-state index is -0.367. The van der Waals surface area contributed by atoms with Crippen molar-refractivity contribution in [3.8, 4) is 12.3 Å². The minimum Gasteiger partial charge on any atom is -0.354 e. The molecule has 0 aliphatic heterocycles. The van der Waals surface area contributed by atoms with Gasteiger partial charge in [0.25, 0.3) is 0 Å². The van der Waals surface area contributed by atoms with Crippen molar-refractivity contribution in [2.24, 2.45) is 0 Å². The van der Waals surface area contributed by atoms with Crippen molar-refractivity contribution in [2.45, 2.75) is 51.5 Å². The molecule has 3 nitrogen and oxygen atoms in total. The first-order valence-electron chi connectivity index (χ1n) is 6.21. The number of terminal acetylenes is 1. The molecule has 0 atom stereocenters. The van der Waals surface area contributed by atoms with Crippen LogP contribution in [-0.4, -0.2) is 15.5 Å². The maximum absolute atomic E-state index is 5.51. The van der Waals surface area contributed by atoms with E-state index < -0.39 is 0 Å². The van der Waals surface area contributed by atoms with Gasteiger partial charge < -0.3 is 5.32 Å². The van der Waals surface area contributed by atoms with Crippen molar-refractivity contribution in [3.63, 3.8) is 0 Å². The number of hydrogen-bond donors (Lipinski definition) is 1. The Bertz CT molecular complexity index is 443. The Balaban J connectivity index is 2.32. The second-order valence-electron chi connectivity index (χ2n) is 5.10. The van der Waals surface area contributed by atoms with Crippen LogP contribution in [0, 0.1) is 12.3 Å². The molecule has 0 amide bonds. The average molecular weight is 229 g/mol. The molecule has 1 aromatic heterocycles. The Hall–Kier alpha value is -1.56. The van der Waals surface area contributed by atoms with Gasteiger partial charge >= 0.3 is 0 Å². The van der Waals surface area contributed by atoms with E-state index in [2.05, 4.69) is 21.2 Å². The van der Waals surface area contributed by atoms with Gasteiger partial charge in [-0.25, -0.2) is 9.97 Å². The number of nitrogens with zero attached hydrogens (tertiary/aromatic N) is 2. The van der Waals surface area contributed by atoms with Gasteiger partial charge in [0.05, 0.1) is 5.54 Å². The van der Waals surface area contributed by atoms with Gasteiger partial charge in [-0.1, -0.05) is 12.3 Å². The van der Waals surface area contributed by atoms with Gasteiger partial charge in [0.2, 0.25) is 0 Å². The predicted octanol–water partition coefficient (Wildman–Crippen LogP) is 2.57. The Labute approximate surface area is 103 Å². The highest BCUT2D eigenvalue weighted by Gasteiger charge is 2.19. The van der Waals surface area contributed by atoms with E-state index in [1.165, 1.54) is 30.5 Å². The summed E-state index contributed by atoms with van der Waals surface area (Å²) in [6.07, 6.45) is 13.0. The van der Waals surface area contributed by atoms with Crippen molar-refractivity contribution >= 4 is 5.82 Å². The third kappa shape index (κ3) is 2.76. The molecule has 0 saturated carbocycles. The zero-order valence-electron chi connectivity index (χ0n) is 10.6. The molecule has 0 unspecified atom stereocenters. The number of nitrogens with one attached hydrogen (secondary N) is 1. The number of rotatable bonds is 2. The maximum atomic E-state index is 5.51. The largest absolute Gasteiger partial charge is 0.354 e. The zero-order chi connectivity index (χ0) is 12.3. The van der Waals surface area contributed by atoms with Crippen molar-refractivity contribution < 1.29 is 0 Å². The molecular weight excluding hydrogens is 210 g/mol. The first-order chi connectivity index (χ1) is 8.12. The van der Waals surface area contributed by atoms with Crippen molar-refractivity contribution in [1.82, 2.24) is 9.97 Å². The molecule has 1 aliphatic carbocycles. The fraction of sp³-hybridized carbons (Fsp3) is 0.571. The van der Waals surface area contributed by atoms with E-state index in [0.29, 0.717) is 0 Å². The molecule has 0 fully saturated rings. The van der Waals surface area contributed by atoms with E-state index in [0.717, 1.165) is 18.7 Å². The summed E-state index contributed by atoms with van der Waals surface area (Å²) in [7, 11) is 0. The van der Waals surface area contributed by atoms with Gasteiger partial charge in [-0.3, -0.25) is 0 Å². The van der Waals surface area contributed by atoms with Crippen LogP contribution in [0.4, 0.5) is 5.82 Å². The quantitative estimate of drug-likeness (QED) is 0.625. The molecule has 0 bridgehead atoms. The van der Waals surface area contributed by atoms with Crippen LogP contribution >= 0.6 is 0 Å². The van der Waals surface area contributed by atoms with E-state index >= 15 is 0 Å². The Morgan fingerprint density at radius 1 is 1.24 bits per heavy atom. The highest BCUT2D eigenvalue weighted by atomic mass is 15.1. The van der Waals surface area contributed by atoms with Crippen LogP contribution in [-0.2, 0) is 12.8 Å². The van der Waals surface area contributed by atoms with Gasteiger partial charge in [-0.05, 0) is 39.5 Å². The normalized spacial score (nSPS) is 15.6. The molecule has 1 N–H and O–H groups in total. The van der Waals surface area contributed by atoms with E-state index in [1.54, 1.807) is 6.33 Å². The second kappa shape index (κ2) is 4.75. The number of anilines is 1. The molecule has 0 spiro atoms. The Kier molecular flexibility index (Phi) is 3.33. The second-order valence-corrected chi connectivity index (χ2v) is 5.10. The lowest BCUT2D eigenvalue weighted by Gasteiger charge is -2.22. The van der Waals surface area contributed by atoms with Crippen LogP contribution < -0.4 is 5.32 Å². The first kappa shape index (κ1) is 11.9. The molecule has 0 radical (unpaired) electrons. The number of aromatic nitrogens is 2. The molecule has 1 aliphatic rings. The molecule has 3 heteroatoms. The lowest BCUT2D eigenvalue weighted by Crippen LogP contribution is -2.30. The summed E-state index contributed by atoms with van der Waals surface area (Å²) in [5.41, 5.74) is 2.08. The number of hydrogen-bond acceptors (Lipinski definition) is 3. The lowest BCUT2D eigenvalue weighted by atomic mass is 10.0. The number of aryl methyl sites for hydroxylation is 1. The summed E-state index contributed by atoms with van der Waals surface area (Å²) < 4.78 is 0. The summed E-state index contributed by atoms with van der Waals surface area (Å²) >= 11 is 0. The van der Waals surface area contributed by atoms with Gasteiger partial charge in [0.15, 0.2) is 0 Å². The van der Waals surface area contributed by atoms with Crippen molar-refractivity contribution in [3.05, 3.63) is 17.6 Å². The highest BCUT2D eigenvalue weighted by Crippen LogP contribution is 2.25. The summed E-state index contributed by atoms with van der Waals surface area (Å²) in [4.78, 5) is 8.74. The average Bonchev–Trinajstić information content (AvgIpc) is 2.54. The van der Waals surface area contributed by atoms with Crippen LogP contribution in [0.5, 0.6) is 0 Å². The SMILES string of the molecule is C#CC(C)(C)Nc1ncnc2c1CCCCC2. The van der Waals surface area contributed by atoms with E-state index in [9.17, 15) is 0 Å². The topological polar surface area (TPSA) is 37.8 Å². The van der Waals surface area contributed by atoms with Gasteiger partial charge in [0.1, 0.15) is 12.1 Å². The summed E-state index contributed by atoms with van der Waals surface area (Å²) in [5.74, 6) is 3.66. The molecule has 17 heavy (non-hydrogen) atoms. The Morgan fingerprint density at radius 2 is 2.00 bits per heavy atom.